The van der Waals surface area contributed by atoms with Crippen molar-refractivity contribution in [2.45, 2.75) is 30.2 Å². The summed E-state index contributed by atoms with van der Waals surface area (Å²) in [6, 6.07) is 6.26. The van der Waals surface area contributed by atoms with Crippen molar-refractivity contribution in [1.82, 2.24) is 4.90 Å². The van der Waals surface area contributed by atoms with Gasteiger partial charge >= 0.3 is 0 Å². The highest BCUT2D eigenvalue weighted by Gasteiger charge is 2.28. The Labute approximate surface area is 107 Å². The quantitative estimate of drug-likeness (QED) is 0.886. The van der Waals surface area contributed by atoms with Gasteiger partial charge in [-0.1, -0.05) is 12.1 Å². The molecule has 5 nitrogen and oxygen atoms in total. The van der Waals surface area contributed by atoms with Gasteiger partial charge in [0.2, 0.25) is 10.0 Å². The largest absolute Gasteiger partial charge is 0.339 e. The summed E-state index contributed by atoms with van der Waals surface area (Å²) in [4.78, 5) is 13.7. The van der Waals surface area contributed by atoms with Gasteiger partial charge in [0.1, 0.15) is 0 Å². The summed E-state index contributed by atoms with van der Waals surface area (Å²) in [5.74, 6) is -0.288. The van der Waals surface area contributed by atoms with Gasteiger partial charge in [0.15, 0.2) is 0 Å². The van der Waals surface area contributed by atoms with Crippen molar-refractivity contribution in [1.29, 1.82) is 0 Å². The van der Waals surface area contributed by atoms with Crippen LogP contribution in [0.4, 0.5) is 0 Å². The van der Waals surface area contributed by atoms with E-state index in [0.717, 1.165) is 19.3 Å². The third-order valence-corrected chi connectivity index (χ3v) is 4.34. The molecular formula is C12H16N2O3S. The molecule has 0 spiro atoms. The van der Waals surface area contributed by atoms with Crippen LogP contribution in [0.3, 0.4) is 0 Å². The second kappa shape index (κ2) is 4.70. The van der Waals surface area contributed by atoms with Gasteiger partial charge in [-0.25, -0.2) is 13.6 Å². The van der Waals surface area contributed by atoms with Crippen molar-refractivity contribution >= 4 is 15.9 Å². The molecule has 1 amide bonds. The van der Waals surface area contributed by atoms with Gasteiger partial charge in [0.05, 0.1) is 10.5 Å². The fourth-order valence-corrected chi connectivity index (χ4v) is 2.75. The van der Waals surface area contributed by atoms with E-state index in [9.17, 15) is 13.2 Å². The zero-order valence-electron chi connectivity index (χ0n) is 10.2. The number of benzene rings is 1. The first-order chi connectivity index (χ1) is 8.41. The number of primary sulfonamides is 1. The molecule has 1 aliphatic carbocycles. The van der Waals surface area contributed by atoms with Gasteiger partial charge in [-0.15, -0.1) is 0 Å². The minimum atomic E-state index is -3.87. The molecule has 1 fully saturated rings. The molecule has 2 N–H and O–H groups in total. The highest BCUT2D eigenvalue weighted by Crippen LogP contribution is 2.26. The predicted octanol–water partition coefficient (Wildman–Crippen LogP) is 0.959. The number of carbonyl (C=O) groups is 1. The molecule has 0 unspecified atom stereocenters. The van der Waals surface area contributed by atoms with Gasteiger partial charge in [0, 0.05) is 13.1 Å². The minimum absolute atomic E-state index is 0.110. The number of hydrogen-bond donors (Lipinski definition) is 1. The molecule has 0 aromatic heterocycles. The summed E-state index contributed by atoms with van der Waals surface area (Å²) in [7, 11) is -2.17. The van der Waals surface area contributed by atoms with E-state index in [-0.39, 0.29) is 22.4 Å². The van der Waals surface area contributed by atoms with Crippen LogP contribution in [0.15, 0.2) is 29.2 Å². The van der Waals surface area contributed by atoms with Gasteiger partial charge in [-0.3, -0.25) is 4.79 Å². The smallest absolute Gasteiger partial charge is 0.255 e. The molecule has 0 heterocycles. The van der Waals surface area contributed by atoms with Crippen LogP contribution in [0, 0.1) is 0 Å². The lowest BCUT2D eigenvalue weighted by Gasteiger charge is -2.35. The topological polar surface area (TPSA) is 80.5 Å². The standard InChI is InChI=1S/C12H16N2O3S/c1-14(9-5-4-6-9)12(15)10-7-2-3-8-11(10)18(13,16)17/h2-3,7-9H,4-6H2,1H3,(H2,13,16,17). The average Bonchev–Trinajstić information content (AvgIpc) is 2.24. The van der Waals surface area contributed by atoms with Gasteiger partial charge in [-0.05, 0) is 31.4 Å². The summed E-state index contributed by atoms with van der Waals surface area (Å²) in [5.41, 5.74) is 0.148. The highest BCUT2D eigenvalue weighted by atomic mass is 32.2. The Balaban J connectivity index is 2.36. The van der Waals surface area contributed by atoms with Gasteiger partial charge in [-0.2, -0.15) is 0 Å². The first-order valence-electron chi connectivity index (χ1n) is 5.80. The monoisotopic (exact) mass is 268 g/mol. The average molecular weight is 268 g/mol. The zero-order chi connectivity index (χ0) is 13.3. The van der Waals surface area contributed by atoms with Crippen LogP contribution in [0.1, 0.15) is 29.6 Å². The normalized spacial score (nSPS) is 16.1. The Bertz CT molecular complexity index is 564. The molecule has 98 valence electrons. The van der Waals surface area contributed by atoms with E-state index in [1.54, 1.807) is 24.1 Å². The molecule has 1 saturated carbocycles. The third kappa shape index (κ3) is 2.39. The second-order valence-electron chi connectivity index (χ2n) is 4.54. The van der Waals surface area contributed by atoms with Crippen molar-refractivity contribution in [3.8, 4) is 0 Å². The zero-order valence-corrected chi connectivity index (χ0v) is 11.0. The van der Waals surface area contributed by atoms with Gasteiger partial charge < -0.3 is 4.90 Å². The molecule has 0 bridgehead atoms. The number of amides is 1. The third-order valence-electron chi connectivity index (χ3n) is 3.37. The summed E-state index contributed by atoms with van der Waals surface area (Å²) in [6.45, 7) is 0. The van der Waals surface area contributed by atoms with E-state index in [4.69, 9.17) is 5.14 Å². The van der Waals surface area contributed by atoms with Crippen LogP contribution in [0.25, 0.3) is 0 Å². The Hall–Kier alpha value is -1.40. The van der Waals surface area contributed by atoms with Crippen LogP contribution in [-0.2, 0) is 10.0 Å². The summed E-state index contributed by atoms with van der Waals surface area (Å²) in [5, 5.41) is 5.12. The molecule has 0 saturated heterocycles. The van der Waals surface area contributed by atoms with E-state index in [2.05, 4.69) is 0 Å². The van der Waals surface area contributed by atoms with E-state index in [1.165, 1.54) is 12.1 Å². The molecule has 2 rings (SSSR count). The van der Waals surface area contributed by atoms with Crippen molar-refractivity contribution in [3.63, 3.8) is 0 Å². The van der Waals surface area contributed by atoms with Crippen molar-refractivity contribution in [2.75, 3.05) is 7.05 Å². The van der Waals surface area contributed by atoms with E-state index >= 15 is 0 Å². The number of hydrogen-bond acceptors (Lipinski definition) is 3. The SMILES string of the molecule is CN(C(=O)c1ccccc1S(N)(=O)=O)C1CCC1. The summed E-state index contributed by atoms with van der Waals surface area (Å²) in [6.07, 6.45) is 3.05. The Morgan fingerprint density at radius 1 is 1.33 bits per heavy atom. The molecule has 0 aliphatic heterocycles. The fraction of sp³-hybridized carbons (Fsp3) is 0.417. The second-order valence-corrected chi connectivity index (χ2v) is 6.07. The Morgan fingerprint density at radius 3 is 2.44 bits per heavy atom. The fourth-order valence-electron chi connectivity index (χ4n) is 2.02. The van der Waals surface area contributed by atoms with Crippen molar-refractivity contribution < 1.29 is 13.2 Å². The van der Waals surface area contributed by atoms with E-state index in [1.807, 2.05) is 0 Å². The molecule has 1 aliphatic rings. The molecule has 18 heavy (non-hydrogen) atoms. The number of nitrogens with two attached hydrogens (primary N) is 1. The first kappa shape index (κ1) is 13.0. The lowest BCUT2D eigenvalue weighted by atomic mass is 9.91. The lowest BCUT2D eigenvalue weighted by molar-refractivity contribution is 0.0648. The molecule has 0 atom stereocenters. The van der Waals surface area contributed by atoms with Crippen LogP contribution < -0.4 is 5.14 Å². The molecule has 1 aromatic carbocycles. The first-order valence-corrected chi connectivity index (χ1v) is 7.35. The molecular weight excluding hydrogens is 252 g/mol. The summed E-state index contributed by atoms with van der Waals surface area (Å²) < 4.78 is 22.9. The van der Waals surface area contributed by atoms with Gasteiger partial charge in [0.25, 0.3) is 5.91 Å². The Kier molecular flexibility index (Phi) is 3.41. The van der Waals surface area contributed by atoms with Crippen molar-refractivity contribution in [3.05, 3.63) is 29.8 Å². The van der Waals surface area contributed by atoms with Crippen LogP contribution >= 0.6 is 0 Å². The van der Waals surface area contributed by atoms with Crippen LogP contribution in [0.2, 0.25) is 0 Å². The van der Waals surface area contributed by atoms with Crippen molar-refractivity contribution in [2.24, 2.45) is 5.14 Å². The maximum absolute atomic E-state index is 12.3. The number of rotatable bonds is 3. The maximum Gasteiger partial charge on any atom is 0.255 e. The van der Waals surface area contributed by atoms with Crippen LogP contribution in [-0.4, -0.2) is 32.3 Å². The number of nitrogens with zero attached hydrogens (tertiary/aromatic N) is 1. The lowest BCUT2D eigenvalue weighted by Crippen LogP contribution is -2.41. The summed E-state index contributed by atoms with van der Waals surface area (Å²) >= 11 is 0. The molecule has 1 aromatic rings. The minimum Gasteiger partial charge on any atom is -0.339 e. The number of carbonyl (C=O) groups excluding carboxylic acids is 1. The van der Waals surface area contributed by atoms with Crippen LogP contribution in [0.5, 0.6) is 0 Å². The molecule has 0 radical (unpaired) electrons. The van der Waals surface area contributed by atoms with E-state index < -0.39 is 10.0 Å². The molecule has 6 heteroatoms. The number of sulfonamides is 1. The predicted molar refractivity (Wildman–Crippen MR) is 67.5 cm³/mol. The Morgan fingerprint density at radius 2 is 1.94 bits per heavy atom. The van der Waals surface area contributed by atoms with E-state index in [0.29, 0.717) is 0 Å². The maximum atomic E-state index is 12.3. The highest BCUT2D eigenvalue weighted by molar-refractivity contribution is 7.89.